The van der Waals surface area contributed by atoms with Crippen molar-refractivity contribution in [3.05, 3.63) is 65.2 Å². The van der Waals surface area contributed by atoms with Gasteiger partial charge in [0.2, 0.25) is 5.91 Å². The monoisotopic (exact) mass is 365 g/mol. The van der Waals surface area contributed by atoms with Crippen LogP contribution in [0.3, 0.4) is 0 Å². The number of piperazine rings is 1. The van der Waals surface area contributed by atoms with Crippen LogP contribution in [0.2, 0.25) is 0 Å². The van der Waals surface area contributed by atoms with Crippen molar-refractivity contribution in [3.63, 3.8) is 0 Å². The maximum absolute atomic E-state index is 12.4. The van der Waals surface area contributed by atoms with E-state index < -0.39 is 0 Å². The number of nitrogens with one attached hydrogen (secondary N) is 1. The second-order valence-corrected chi connectivity index (χ2v) is 6.00. The van der Waals surface area contributed by atoms with Gasteiger partial charge >= 0.3 is 0 Å². The van der Waals surface area contributed by atoms with Gasteiger partial charge < -0.3 is 11.1 Å². The van der Waals surface area contributed by atoms with Gasteiger partial charge in [0, 0.05) is 36.8 Å². The smallest absolute Gasteiger partial charge is 0.242 e. The molecule has 1 amide bonds. The van der Waals surface area contributed by atoms with Crippen LogP contribution >= 0.6 is 24.8 Å². The van der Waals surface area contributed by atoms with Gasteiger partial charge in [0.15, 0.2) is 0 Å². The lowest BCUT2D eigenvalue weighted by Crippen LogP contribution is -2.53. The highest BCUT2D eigenvalue weighted by atomic mass is 35.5. The third kappa shape index (κ3) is 2.97. The van der Waals surface area contributed by atoms with Crippen molar-refractivity contribution in [2.45, 2.75) is 12.0 Å². The zero-order valence-electron chi connectivity index (χ0n) is 13.1. The molecule has 6 heteroatoms. The SMILES string of the molecule is Cl.Cl.Nc1cccc2c1[C@H]1C(=O)NCCN1C[C@@H]2c1ccccc1. The Balaban J connectivity index is 0.00000104. The quantitative estimate of drug-likeness (QED) is 0.763. The molecule has 0 aliphatic carbocycles. The molecule has 2 aromatic carbocycles. The zero-order valence-corrected chi connectivity index (χ0v) is 14.8. The van der Waals surface area contributed by atoms with Gasteiger partial charge in [-0.05, 0) is 17.2 Å². The van der Waals surface area contributed by atoms with E-state index in [1.54, 1.807) is 0 Å². The van der Waals surface area contributed by atoms with Crippen molar-refractivity contribution >= 4 is 36.4 Å². The van der Waals surface area contributed by atoms with E-state index in [1.807, 2.05) is 18.2 Å². The number of carbonyl (C=O) groups is 1. The van der Waals surface area contributed by atoms with Crippen molar-refractivity contribution in [3.8, 4) is 0 Å². The van der Waals surface area contributed by atoms with Gasteiger partial charge in [0.05, 0.1) is 0 Å². The van der Waals surface area contributed by atoms with E-state index in [-0.39, 0.29) is 42.7 Å². The molecule has 0 saturated carbocycles. The number of fused-ring (bicyclic) bond motifs is 3. The molecule has 1 saturated heterocycles. The number of hydrogen-bond acceptors (Lipinski definition) is 3. The Hall–Kier alpha value is -1.75. The van der Waals surface area contributed by atoms with Crippen molar-refractivity contribution in [1.82, 2.24) is 10.2 Å². The van der Waals surface area contributed by atoms with Crippen molar-refractivity contribution in [1.29, 1.82) is 0 Å². The summed E-state index contributed by atoms with van der Waals surface area (Å²) in [5, 5.41) is 2.97. The normalized spacial score (nSPS) is 22.2. The molecule has 0 unspecified atom stereocenters. The fourth-order valence-electron chi connectivity index (χ4n) is 3.75. The van der Waals surface area contributed by atoms with Crippen molar-refractivity contribution in [2.24, 2.45) is 0 Å². The fourth-order valence-corrected chi connectivity index (χ4v) is 3.75. The highest BCUT2D eigenvalue weighted by molar-refractivity contribution is 5.87. The third-order valence-corrected chi connectivity index (χ3v) is 4.75. The number of anilines is 1. The highest BCUT2D eigenvalue weighted by Gasteiger charge is 2.40. The summed E-state index contributed by atoms with van der Waals surface area (Å²) >= 11 is 0. The van der Waals surface area contributed by atoms with E-state index in [1.165, 1.54) is 11.1 Å². The van der Waals surface area contributed by atoms with Gasteiger partial charge in [0.25, 0.3) is 0 Å². The second-order valence-electron chi connectivity index (χ2n) is 6.00. The molecular weight excluding hydrogens is 345 g/mol. The summed E-state index contributed by atoms with van der Waals surface area (Å²) in [4.78, 5) is 14.6. The Labute approximate surface area is 154 Å². The summed E-state index contributed by atoms with van der Waals surface area (Å²) in [6, 6.07) is 16.2. The summed E-state index contributed by atoms with van der Waals surface area (Å²) < 4.78 is 0. The summed E-state index contributed by atoms with van der Waals surface area (Å²) in [5.74, 6) is 0.332. The lowest BCUT2D eigenvalue weighted by Gasteiger charge is -2.43. The number of carbonyl (C=O) groups excluding carboxylic acids is 1. The van der Waals surface area contributed by atoms with E-state index in [4.69, 9.17) is 5.73 Å². The molecule has 2 aliphatic heterocycles. The number of halogens is 2. The first-order valence-corrected chi connectivity index (χ1v) is 7.70. The first-order chi connectivity index (χ1) is 10.8. The molecule has 0 aromatic heterocycles. The van der Waals surface area contributed by atoms with Crippen LogP contribution in [-0.2, 0) is 4.79 Å². The highest BCUT2D eigenvalue weighted by Crippen LogP contribution is 2.42. The van der Waals surface area contributed by atoms with Crippen LogP contribution in [0.5, 0.6) is 0 Å². The number of benzene rings is 2. The van der Waals surface area contributed by atoms with Crippen molar-refractivity contribution in [2.75, 3.05) is 25.4 Å². The Bertz CT molecular complexity index is 723. The van der Waals surface area contributed by atoms with Gasteiger partial charge in [-0.2, -0.15) is 0 Å². The predicted octanol–water partition coefficient (Wildman–Crippen LogP) is 2.73. The largest absolute Gasteiger partial charge is 0.398 e. The summed E-state index contributed by atoms with van der Waals surface area (Å²) in [7, 11) is 0. The molecule has 2 aromatic rings. The average Bonchev–Trinajstić information content (AvgIpc) is 2.55. The van der Waals surface area contributed by atoms with Crippen molar-refractivity contribution < 1.29 is 4.79 Å². The Morgan fingerprint density at radius 2 is 1.79 bits per heavy atom. The molecule has 1 fully saturated rings. The van der Waals surface area contributed by atoms with Crippen LogP contribution in [0, 0.1) is 0 Å². The first-order valence-electron chi connectivity index (χ1n) is 7.70. The lowest BCUT2D eigenvalue weighted by molar-refractivity contribution is -0.129. The van der Waals surface area contributed by atoms with Crippen LogP contribution in [0.25, 0.3) is 0 Å². The molecule has 2 atom stereocenters. The molecule has 4 rings (SSSR count). The Morgan fingerprint density at radius 1 is 1.04 bits per heavy atom. The number of amides is 1. The Kier molecular flexibility index (Phi) is 5.75. The lowest BCUT2D eigenvalue weighted by atomic mass is 9.80. The van der Waals surface area contributed by atoms with Gasteiger partial charge in [-0.25, -0.2) is 0 Å². The standard InChI is InChI=1S/C18H19N3O.2ClH/c19-15-8-4-7-13-14(12-5-2-1-3-6-12)11-21-10-9-20-18(22)17(21)16(13)15;;/h1-8,14,17H,9-11,19H2,(H,20,22);2*1H/t14-,17+;;/m1../s1. The van der Waals surface area contributed by atoms with Gasteiger partial charge in [-0.15, -0.1) is 24.8 Å². The molecule has 0 bridgehead atoms. The summed E-state index contributed by atoms with van der Waals surface area (Å²) in [6.45, 7) is 2.44. The minimum absolute atomic E-state index is 0. The average molecular weight is 366 g/mol. The molecule has 2 aliphatic rings. The molecule has 0 spiro atoms. The molecule has 128 valence electrons. The van der Waals surface area contributed by atoms with Gasteiger partial charge in [-0.1, -0.05) is 42.5 Å². The molecule has 2 heterocycles. The first kappa shape index (κ1) is 18.6. The van der Waals surface area contributed by atoms with E-state index in [2.05, 4.69) is 40.5 Å². The van der Waals surface area contributed by atoms with E-state index in [0.29, 0.717) is 12.2 Å². The maximum atomic E-state index is 12.4. The third-order valence-electron chi connectivity index (χ3n) is 4.75. The molecule has 0 radical (unpaired) electrons. The van der Waals surface area contributed by atoms with Crippen LogP contribution in [0.1, 0.15) is 28.7 Å². The molecular formula is C18H21Cl2N3O. The molecule has 24 heavy (non-hydrogen) atoms. The van der Waals surface area contributed by atoms with E-state index in [9.17, 15) is 4.79 Å². The fraction of sp³-hybridized carbons (Fsp3) is 0.278. The summed E-state index contributed by atoms with van der Waals surface area (Å²) in [5.41, 5.74) is 10.4. The number of nitrogen functional groups attached to an aromatic ring is 1. The minimum Gasteiger partial charge on any atom is -0.398 e. The molecule has 3 N–H and O–H groups in total. The second kappa shape index (κ2) is 7.43. The predicted molar refractivity (Wildman–Crippen MR) is 101 cm³/mol. The number of hydrogen-bond donors (Lipinski definition) is 2. The molecule has 4 nitrogen and oxygen atoms in total. The minimum atomic E-state index is -0.245. The van der Waals surface area contributed by atoms with Gasteiger partial charge in [-0.3, -0.25) is 9.69 Å². The van der Waals surface area contributed by atoms with Crippen LogP contribution in [-0.4, -0.2) is 30.4 Å². The number of nitrogens with zero attached hydrogens (tertiary/aromatic N) is 1. The van der Waals surface area contributed by atoms with E-state index >= 15 is 0 Å². The number of rotatable bonds is 1. The number of nitrogens with two attached hydrogens (primary N) is 1. The van der Waals surface area contributed by atoms with Crippen LogP contribution in [0.4, 0.5) is 5.69 Å². The maximum Gasteiger partial charge on any atom is 0.242 e. The van der Waals surface area contributed by atoms with Crippen LogP contribution < -0.4 is 11.1 Å². The Morgan fingerprint density at radius 3 is 2.54 bits per heavy atom. The van der Waals surface area contributed by atoms with Gasteiger partial charge in [0.1, 0.15) is 6.04 Å². The zero-order chi connectivity index (χ0) is 15.1. The topological polar surface area (TPSA) is 58.4 Å². The van der Waals surface area contributed by atoms with Crippen LogP contribution in [0.15, 0.2) is 48.5 Å². The summed E-state index contributed by atoms with van der Waals surface area (Å²) in [6.07, 6.45) is 0. The van der Waals surface area contributed by atoms with E-state index in [0.717, 1.165) is 18.7 Å².